The molecule has 0 saturated carbocycles. The molecule has 5 nitrogen and oxygen atoms in total. The summed E-state index contributed by atoms with van der Waals surface area (Å²) in [4.78, 5) is 47.7. The maximum atomic E-state index is 12.7. The smallest absolute Gasteiger partial charge is 0.230 e. The fourth-order valence-corrected chi connectivity index (χ4v) is 2.95. The fraction of sp³-hybridized carbons (Fsp3) is 0.474. The van der Waals surface area contributed by atoms with Crippen molar-refractivity contribution in [2.45, 2.75) is 46.5 Å². The molecule has 0 aromatic carbocycles. The van der Waals surface area contributed by atoms with Gasteiger partial charge in [0.15, 0.2) is 11.6 Å². The van der Waals surface area contributed by atoms with E-state index in [4.69, 9.17) is 0 Å². The highest BCUT2D eigenvalue weighted by Crippen LogP contribution is 2.27. The van der Waals surface area contributed by atoms with Gasteiger partial charge in [0.1, 0.15) is 0 Å². The van der Waals surface area contributed by atoms with Crippen LogP contribution in [-0.4, -0.2) is 23.4 Å². The molecule has 24 heavy (non-hydrogen) atoms. The average Bonchev–Trinajstić information content (AvgIpc) is 2.73. The highest BCUT2D eigenvalue weighted by Gasteiger charge is 2.30. The molecule has 2 rings (SSSR count). The molecule has 2 aliphatic rings. The van der Waals surface area contributed by atoms with Gasteiger partial charge in [-0.05, 0) is 25.7 Å². The van der Waals surface area contributed by atoms with Gasteiger partial charge >= 0.3 is 0 Å². The Morgan fingerprint density at radius 2 is 1.92 bits per heavy atom. The van der Waals surface area contributed by atoms with E-state index in [1.165, 1.54) is 6.92 Å². The van der Waals surface area contributed by atoms with Crippen molar-refractivity contribution in [3.8, 4) is 0 Å². The van der Waals surface area contributed by atoms with E-state index in [1.54, 1.807) is 12.2 Å². The number of amides is 2. The zero-order chi connectivity index (χ0) is 17.9. The van der Waals surface area contributed by atoms with Crippen LogP contribution in [0, 0.1) is 11.8 Å². The maximum absolute atomic E-state index is 12.7. The normalized spacial score (nSPS) is 21.5. The van der Waals surface area contributed by atoms with Crippen LogP contribution in [0.1, 0.15) is 46.5 Å². The van der Waals surface area contributed by atoms with Gasteiger partial charge in [-0.15, -0.1) is 0 Å². The molecule has 1 heterocycles. The number of allylic oxidation sites excluding steroid dienone is 6. The standard InChI is InChI=1S/C19H23NO4/c1-11(2)13-4-7-15(12(3)21)16(8-5-13)17(22)10-14-6-9-18(23)20-19(14)24/h5,7-8,11,14H,4,6,9-10H2,1-3H3,(H,20,23,24). The number of carbonyl (C=O) groups is 4. The lowest BCUT2D eigenvalue weighted by molar-refractivity contribution is -0.138. The number of imide groups is 1. The predicted octanol–water partition coefficient (Wildman–Crippen LogP) is 2.43. The van der Waals surface area contributed by atoms with Crippen molar-refractivity contribution in [1.82, 2.24) is 5.32 Å². The molecular weight excluding hydrogens is 306 g/mol. The van der Waals surface area contributed by atoms with Gasteiger partial charge < -0.3 is 0 Å². The fourth-order valence-electron chi connectivity index (χ4n) is 2.95. The van der Waals surface area contributed by atoms with Crippen LogP contribution in [0.25, 0.3) is 0 Å². The average molecular weight is 329 g/mol. The second kappa shape index (κ2) is 7.51. The lowest BCUT2D eigenvalue weighted by Gasteiger charge is -2.20. The first-order valence-electron chi connectivity index (χ1n) is 8.28. The van der Waals surface area contributed by atoms with Gasteiger partial charge in [-0.25, -0.2) is 0 Å². The van der Waals surface area contributed by atoms with Crippen LogP contribution in [0.4, 0.5) is 0 Å². The van der Waals surface area contributed by atoms with Crippen LogP contribution in [0.5, 0.6) is 0 Å². The predicted molar refractivity (Wildman–Crippen MR) is 89.9 cm³/mol. The Kier molecular flexibility index (Phi) is 5.65. The van der Waals surface area contributed by atoms with E-state index >= 15 is 0 Å². The molecule has 1 aliphatic carbocycles. The molecule has 1 saturated heterocycles. The van der Waals surface area contributed by atoms with Gasteiger partial charge in [-0.3, -0.25) is 24.5 Å². The minimum Gasteiger partial charge on any atom is -0.296 e. The summed E-state index contributed by atoms with van der Waals surface area (Å²) in [5, 5.41) is 2.26. The Labute approximate surface area is 141 Å². The zero-order valence-corrected chi connectivity index (χ0v) is 14.3. The zero-order valence-electron chi connectivity index (χ0n) is 14.3. The Morgan fingerprint density at radius 1 is 1.21 bits per heavy atom. The number of nitrogens with one attached hydrogen (secondary N) is 1. The molecule has 128 valence electrons. The van der Waals surface area contributed by atoms with Crippen LogP contribution in [0.15, 0.2) is 34.9 Å². The van der Waals surface area contributed by atoms with Crippen LogP contribution >= 0.6 is 0 Å². The van der Waals surface area contributed by atoms with Crippen LogP contribution < -0.4 is 5.32 Å². The summed E-state index contributed by atoms with van der Waals surface area (Å²) in [6.07, 6.45) is 6.66. The molecule has 2 amide bonds. The molecule has 0 aromatic heterocycles. The lowest BCUT2D eigenvalue weighted by Crippen LogP contribution is -2.41. The van der Waals surface area contributed by atoms with E-state index in [-0.39, 0.29) is 30.3 Å². The summed E-state index contributed by atoms with van der Waals surface area (Å²) in [7, 11) is 0. The van der Waals surface area contributed by atoms with Gasteiger partial charge in [0.25, 0.3) is 0 Å². The number of rotatable bonds is 5. The first-order chi connectivity index (χ1) is 11.3. The monoisotopic (exact) mass is 329 g/mol. The highest BCUT2D eigenvalue weighted by molar-refractivity contribution is 6.13. The van der Waals surface area contributed by atoms with Crippen molar-refractivity contribution < 1.29 is 19.2 Å². The quantitative estimate of drug-likeness (QED) is 0.786. The molecule has 5 heteroatoms. The minimum atomic E-state index is -0.513. The van der Waals surface area contributed by atoms with Gasteiger partial charge in [0, 0.05) is 29.9 Å². The number of piperidine rings is 1. The molecule has 1 fully saturated rings. The summed E-state index contributed by atoms with van der Waals surface area (Å²) >= 11 is 0. The number of hydrogen-bond acceptors (Lipinski definition) is 4. The summed E-state index contributed by atoms with van der Waals surface area (Å²) in [6, 6.07) is 0. The van der Waals surface area contributed by atoms with E-state index in [0.717, 1.165) is 5.57 Å². The molecular formula is C19H23NO4. The number of ketones is 2. The third-order valence-corrected chi connectivity index (χ3v) is 4.50. The van der Waals surface area contributed by atoms with Crippen LogP contribution in [0.2, 0.25) is 0 Å². The minimum absolute atomic E-state index is 0.0143. The maximum Gasteiger partial charge on any atom is 0.230 e. The third kappa shape index (κ3) is 4.16. The van der Waals surface area contributed by atoms with Gasteiger partial charge in [0.2, 0.25) is 11.8 Å². The van der Waals surface area contributed by atoms with E-state index < -0.39 is 11.8 Å². The van der Waals surface area contributed by atoms with Gasteiger partial charge in [-0.2, -0.15) is 0 Å². The highest BCUT2D eigenvalue weighted by atomic mass is 16.2. The Balaban J connectivity index is 2.22. The van der Waals surface area contributed by atoms with Gasteiger partial charge in [-0.1, -0.05) is 37.6 Å². The Hall–Kier alpha value is -2.30. The van der Waals surface area contributed by atoms with Crippen LogP contribution in [-0.2, 0) is 19.2 Å². The van der Waals surface area contributed by atoms with Gasteiger partial charge in [0.05, 0.1) is 0 Å². The molecule has 0 aromatic rings. The topological polar surface area (TPSA) is 80.3 Å². The lowest BCUT2D eigenvalue weighted by atomic mass is 9.88. The number of hydrogen-bond donors (Lipinski definition) is 1. The molecule has 0 radical (unpaired) electrons. The van der Waals surface area contributed by atoms with Crippen molar-refractivity contribution >= 4 is 23.4 Å². The molecule has 1 unspecified atom stereocenters. The van der Waals surface area contributed by atoms with Crippen molar-refractivity contribution in [2.75, 3.05) is 0 Å². The summed E-state index contributed by atoms with van der Waals surface area (Å²) in [5.74, 6) is -1.27. The molecule has 0 spiro atoms. The largest absolute Gasteiger partial charge is 0.296 e. The first kappa shape index (κ1) is 18.0. The SMILES string of the molecule is CC(=O)C1=CCC(C(C)C)=CC=C1C(=O)CC1CCC(=O)NC1=O. The summed E-state index contributed by atoms with van der Waals surface area (Å²) in [6.45, 7) is 5.58. The molecule has 1 aliphatic heterocycles. The number of carbonyl (C=O) groups excluding carboxylic acids is 4. The molecule has 1 N–H and O–H groups in total. The molecule has 0 bridgehead atoms. The van der Waals surface area contributed by atoms with E-state index in [1.807, 2.05) is 6.08 Å². The van der Waals surface area contributed by atoms with E-state index in [9.17, 15) is 19.2 Å². The van der Waals surface area contributed by atoms with Crippen molar-refractivity contribution in [2.24, 2.45) is 11.8 Å². The van der Waals surface area contributed by atoms with Crippen molar-refractivity contribution in [3.05, 3.63) is 34.9 Å². The third-order valence-electron chi connectivity index (χ3n) is 4.50. The van der Waals surface area contributed by atoms with Crippen LogP contribution in [0.3, 0.4) is 0 Å². The Bertz CT molecular complexity index is 679. The number of Topliss-reactive ketones (excluding diaryl/α,β-unsaturated/α-hetero) is 2. The summed E-state index contributed by atoms with van der Waals surface area (Å²) < 4.78 is 0. The second-order valence-electron chi connectivity index (χ2n) is 6.63. The molecule has 1 atom stereocenters. The first-order valence-corrected chi connectivity index (χ1v) is 8.28. The van der Waals surface area contributed by atoms with E-state index in [0.29, 0.717) is 29.9 Å². The Morgan fingerprint density at radius 3 is 2.50 bits per heavy atom. The second-order valence-corrected chi connectivity index (χ2v) is 6.63. The van der Waals surface area contributed by atoms with Crippen molar-refractivity contribution in [1.29, 1.82) is 0 Å². The summed E-state index contributed by atoms with van der Waals surface area (Å²) in [5.41, 5.74) is 1.93. The van der Waals surface area contributed by atoms with E-state index in [2.05, 4.69) is 19.2 Å². The van der Waals surface area contributed by atoms with Crippen molar-refractivity contribution in [3.63, 3.8) is 0 Å².